The number of primary amides is 1. The summed E-state index contributed by atoms with van der Waals surface area (Å²) in [7, 11) is 3.02. The quantitative estimate of drug-likeness (QED) is 0.123. The van der Waals surface area contributed by atoms with Crippen LogP contribution >= 0.6 is 0 Å². The van der Waals surface area contributed by atoms with Crippen LogP contribution in [0.2, 0.25) is 0 Å². The number of nitrogens with zero attached hydrogens (tertiary/aromatic N) is 5. The zero-order valence-corrected chi connectivity index (χ0v) is 28.4. The van der Waals surface area contributed by atoms with Crippen molar-refractivity contribution in [2.45, 2.75) is 64.2 Å². The van der Waals surface area contributed by atoms with Gasteiger partial charge >= 0.3 is 47.5 Å². The molecule has 2 aliphatic rings. The van der Waals surface area contributed by atoms with Gasteiger partial charge in [0, 0.05) is 16.7 Å². The molecule has 4 aromatic rings. The van der Waals surface area contributed by atoms with E-state index in [-0.39, 0.29) is 41.6 Å². The number of nitrogens with one attached hydrogen (secondary N) is 2. The molecule has 15 nitrogen and oxygen atoms in total. The molecule has 0 spiro atoms. The van der Waals surface area contributed by atoms with Crippen molar-refractivity contribution in [1.29, 1.82) is 0 Å². The van der Waals surface area contributed by atoms with Crippen LogP contribution in [0.15, 0.2) is 29.6 Å². The number of aromatic nitrogens is 6. The van der Waals surface area contributed by atoms with Gasteiger partial charge in [0.1, 0.15) is 0 Å². The first-order valence-electron chi connectivity index (χ1n) is 14.3. The minimum atomic E-state index is -0.930. The third-order valence-corrected chi connectivity index (χ3v) is 8.18. The average molecular weight is 643 g/mol. The Kier molecular flexibility index (Phi) is 12.8. The molecule has 2 saturated carbocycles. The normalized spacial score (nSPS) is 13.7. The van der Waals surface area contributed by atoms with Crippen molar-refractivity contribution in [2.75, 3.05) is 14.2 Å². The van der Waals surface area contributed by atoms with E-state index < -0.39 is 11.9 Å². The number of aromatic amines is 2. The fraction of sp³-hybridized carbons (Fsp3) is 0.400. The van der Waals surface area contributed by atoms with E-state index in [1.807, 2.05) is 32.0 Å². The van der Waals surface area contributed by atoms with Crippen LogP contribution in [0.5, 0.6) is 12.0 Å². The molecular weight excluding hydrogens is 607 g/mol. The summed E-state index contributed by atoms with van der Waals surface area (Å²) in [5.41, 5.74) is 12.0. The Balaban J connectivity index is 0.000000226. The van der Waals surface area contributed by atoms with E-state index in [1.54, 1.807) is 6.07 Å². The van der Waals surface area contributed by atoms with Crippen LogP contribution in [-0.2, 0) is 0 Å². The summed E-state index contributed by atoms with van der Waals surface area (Å²) in [4.78, 5) is 39.5. The minimum Gasteiger partial charge on any atom is -0.478 e. The minimum absolute atomic E-state index is 0. The summed E-state index contributed by atoms with van der Waals surface area (Å²) >= 11 is 0. The maximum atomic E-state index is 11.6. The zero-order valence-electron chi connectivity index (χ0n) is 26.4. The topological polar surface area (TPSA) is 234 Å². The molecule has 6 rings (SSSR count). The fourth-order valence-electron chi connectivity index (χ4n) is 5.40. The number of ether oxygens (including phenoxy) is 2. The molecule has 0 unspecified atom stereocenters. The maximum absolute atomic E-state index is 11.6. The number of benzene rings is 2. The van der Waals surface area contributed by atoms with Gasteiger partial charge in [0.15, 0.2) is 11.6 Å². The van der Waals surface area contributed by atoms with Crippen molar-refractivity contribution in [2.24, 2.45) is 11.1 Å². The monoisotopic (exact) mass is 642 g/mol. The number of carbonyl (C=O) groups is 2. The van der Waals surface area contributed by atoms with Crippen molar-refractivity contribution in [3.63, 3.8) is 0 Å². The second-order valence-electron chi connectivity index (χ2n) is 10.8. The van der Waals surface area contributed by atoms with Crippen molar-refractivity contribution in [3.8, 4) is 34.8 Å². The Labute approximate surface area is 286 Å². The number of carbonyl (C=O) groups excluding carboxylic acids is 1. The Morgan fingerprint density at radius 3 is 1.54 bits per heavy atom. The van der Waals surface area contributed by atoms with Crippen molar-refractivity contribution >= 4 is 11.9 Å². The van der Waals surface area contributed by atoms with Gasteiger partial charge in [-0.3, -0.25) is 15.0 Å². The van der Waals surface area contributed by atoms with Gasteiger partial charge in [0.25, 0.3) is 0 Å². The number of methoxy groups -OCH3 is 2. The molecule has 2 aliphatic carbocycles. The van der Waals surface area contributed by atoms with Gasteiger partial charge in [-0.2, -0.15) is 9.97 Å². The van der Waals surface area contributed by atoms with E-state index in [4.69, 9.17) is 25.3 Å². The van der Waals surface area contributed by atoms with Crippen LogP contribution in [0.25, 0.3) is 22.8 Å². The Hall–Kier alpha value is -4.34. The molecule has 46 heavy (non-hydrogen) atoms. The zero-order chi connectivity index (χ0) is 32.7. The molecule has 0 atom stereocenters. The SMILES string of the molecule is COc1n[nH]c(-c2cc(C(=O)O)c(C)cc2C2CCC2)n1.COc1n[nH]c(-c2cc(C(N)=O)c(C)cc2C2CCC2)n1.O=N[O-].[Na+]. The molecule has 0 saturated heterocycles. The molecule has 5 N–H and O–H groups in total. The maximum Gasteiger partial charge on any atom is 1.00 e. The van der Waals surface area contributed by atoms with Crippen LogP contribution in [-0.4, -0.2) is 61.6 Å². The predicted molar refractivity (Wildman–Crippen MR) is 164 cm³/mol. The number of rotatable bonds is 8. The van der Waals surface area contributed by atoms with Crippen LogP contribution in [0.3, 0.4) is 0 Å². The van der Waals surface area contributed by atoms with Crippen LogP contribution in [0.4, 0.5) is 0 Å². The van der Waals surface area contributed by atoms with Crippen LogP contribution < -0.4 is 44.8 Å². The molecule has 0 radical (unpaired) electrons. The summed E-state index contributed by atoms with van der Waals surface area (Å²) in [5, 5.41) is 31.9. The number of aryl methyl sites for hydroxylation is 2. The average Bonchev–Trinajstić information content (AvgIpc) is 3.62. The van der Waals surface area contributed by atoms with Gasteiger partial charge in [-0.1, -0.05) is 25.0 Å². The van der Waals surface area contributed by atoms with Crippen molar-refractivity contribution in [3.05, 3.63) is 67.8 Å². The summed E-state index contributed by atoms with van der Waals surface area (Å²) in [6, 6.07) is 8.05. The smallest absolute Gasteiger partial charge is 0.478 e. The second-order valence-corrected chi connectivity index (χ2v) is 10.8. The predicted octanol–water partition coefficient (Wildman–Crippen LogP) is 2.16. The first-order chi connectivity index (χ1) is 21.6. The van der Waals surface area contributed by atoms with Crippen molar-refractivity contribution < 1.29 is 53.7 Å². The van der Waals surface area contributed by atoms with E-state index in [1.165, 1.54) is 32.6 Å². The number of amides is 1. The van der Waals surface area contributed by atoms with Gasteiger partial charge < -0.3 is 30.4 Å². The van der Waals surface area contributed by atoms with E-state index in [0.717, 1.165) is 58.8 Å². The number of nitrogens with two attached hydrogens (primary N) is 1. The molecule has 238 valence electrons. The number of aromatic carboxylic acids is 1. The first kappa shape index (κ1) is 36.1. The summed E-state index contributed by atoms with van der Waals surface area (Å²) in [6.45, 7) is 3.74. The Bertz CT molecular complexity index is 1560. The second kappa shape index (κ2) is 16.3. The van der Waals surface area contributed by atoms with E-state index >= 15 is 0 Å². The Morgan fingerprint density at radius 2 is 1.24 bits per heavy atom. The molecule has 0 aliphatic heterocycles. The standard InChI is InChI=1S/C15H18N4O2.C15H17N3O3.HNO2.Na/c1-8-6-11(9-4-3-5-9)12(7-10(8)13(16)20)14-17-15(21-2)19-18-14;1-8-6-11(9-4-3-5-9)12(7-10(8)14(19)20)13-16-15(21-2)18-17-13;2-1-3;/h6-7,9H,3-5H2,1-2H3,(H2,16,20)(H,17,18,19);6-7,9H,3-5H2,1-2H3,(H,19,20)(H,16,17,18);(H,2,3);/q;;;+1/p-1. The largest absolute Gasteiger partial charge is 1.00 e. The molecule has 16 heteroatoms. The van der Waals surface area contributed by atoms with Crippen LogP contribution in [0, 0.1) is 24.0 Å². The van der Waals surface area contributed by atoms with Gasteiger partial charge in [0.05, 0.1) is 19.8 Å². The summed E-state index contributed by atoms with van der Waals surface area (Å²) in [6.07, 6.45) is 7.03. The van der Waals surface area contributed by atoms with Gasteiger partial charge in [0.2, 0.25) is 5.91 Å². The number of carboxylic acids is 1. The molecule has 2 fully saturated rings. The summed E-state index contributed by atoms with van der Waals surface area (Å²) < 4.78 is 10.0. The van der Waals surface area contributed by atoms with Crippen molar-refractivity contribution in [1.82, 2.24) is 30.4 Å². The first-order valence-corrected chi connectivity index (χ1v) is 14.3. The number of carboxylic acid groups (broad SMARTS) is 1. The molecule has 2 aromatic carbocycles. The van der Waals surface area contributed by atoms with E-state index in [9.17, 15) is 14.7 Å². The Morgan fingerprint density at radius 1 is 0.848 bits per heavy atom. The fourth-order valence-corrected chi connectivity index (χ4v) is 5.40. The third kappa shape index (κ3) is 8.08. The molecule has 2 aromatic heterocycles. The molecule has 2 heterocycles. The third-order valence-electron chi connectivity index (χ3n) is 8.18. The molecular formula is C30H35N8NaO7. The number of H-pyrrole nitrogens is 2. The molecule has 0 bridgehead atoms. The van der Waals surface area contributed by atoms with E-state index in [2.05, 4.69) is 30.4 Å². The molecule has 1 amide bonds. The van der Waals surface area contributed by atoms with Crippen LogP contribution in [0.1, 0.15) is 93.3 Å². The van der Waals surface area contributed by atoms with Gasteiger partial charge in [-0.15, -0.1) is 15.5 Å². The van der Waals surface area contributed by atoms with Gasteiger partial charge in [-0.25, -0.2) is 4.79 Å². The summed E-state index contributed by atoms with van der Waals surface area (Å²) in [5.74, 6) is 0.780. The van der Waals surface area contributed by atoms with E-state index in [0.29, 0.717) is 34.6 Å². The van der Waals surface area contributed by atoms with Gasteiger partial charge in [-0.05, 0) is 85.8 Å². The number of hydrogen-bond donors (Lipinski definition) is 4. The number of hydrogen-bond acceptors (Lipinski definition) is 11.